The lowest BCUT2D eigenvalue weighted by molar-refractivity contribution is 0.259. The number of nitrogens with one attached hydrogen (secondary N) is 1. The standard InChI is InChI=1S/C6H8N4O2/c7-5(8)10-6(11)9-4-2-1-3-12-4/h1-3H,(H5,7,8,9,10,11). The van der Waals surface area contributed by atoms with Gasteiger partial charge in [-0.2, -0.15) is 4.99 Å². The highest BCUT2D eigenvalue weighted by molar-refractivity contribution is 5.97. The van der Waals surface area contributed by atoms with Crippen molar-refractivity contribution in [1.82, 2.24) is 0 Å². The normalized spacial score (nSPS) is 9.00. The van der Waals surface area contributed by atoms with E-state index in [4.69, 9.17) is 15.9 Å². The van der Waals surface area contributed by atoms with Gasteiger partial charge in [-0.05, 0) is 6.07 Å². The zero-order valence-electron chi connectivity index (χ0n) is 6.15. The van der Waals surface area contributed by atoms with Crippen molar-refractivity contribution in [2.45, 2.75) is 0 Å². The number of anilines is 1. The van der Waals surface area contributed by atoms with Crippen molar-refractivity contribution in [3.8, 4) is 0 Å². The molecule has 0 saturated carbocycles. The Labute approximate surface area is 68.2 Å². The van der Waals surface area contributed by atoms with Gasteiger partial charge in [0.1, 0.15) is 0 Å². The Balaban J connectivity index is 2.54. The molecule has 0 aliphatic carbocycles. The van der Waals surface area contributed by atoms with E-state index in [0.29, 0.717) is 5.88 Å². The summed E-state index contributed by atoms with van der Waals surface area (Å²) in [4.78, 5) is 14.0. The largest absolute Gasteiger partial charge is 0.449 e. The minimum absolute atomic E-state index is 0.293. The number of aliphatic imine (C=N–C) groups is 1. The van der Waals surface area contributed by atoms with Crippen molar-refractivity contribution in [1.29, 1.82) is 0 Å². The van der Waals surface area contributed by atoms with Crippen molar-refractivity contribution in [2.24, 2.45) is 16.5 Å². The SMILES string of the molecule is NC(N)=NC(=O)Nc1ccco1. The van der Waals surface area contributed by atoms with Crippen LogP contribution in [-0.4, -0.2) is 12.0 Å². The zero-order chi connectivity index (χ0) is 8.97. The monoisotopic (exact) mass is 168 g/mol. The smallest absolute Gasteiger partial charge is 0.350 e. The zero-order valence-corrected chi connectivity index (χ0v) is 6.15. The first-order chi connectivity index (χ1) is 5.68. The number of rotatable bonds is 1. The molecule has 0 radical (unpaired) electrons. The molecule has 0 fully saturated rings. The van der Waals surface area contributed by atoms with Crippen LogP contribution >= 0.6 is 0 Å². The van der Waals surface area contributed by atoms with Gasteiger partial charge in [-0.15, -0.1) is 0 Å². The molecule has 0 atom stereocenters. The quantitative estimate of drug-likeness (QED) is 0.407. The van der Waals surface area contributed by atoms with Gasteiger partial charge in [-0.25, -0.2) is 4.79 Å². The Hall–Kier alpha value is -1.98. The Kier molecular flexibility index (Phi) is 2.32. The van der Waals surface area contributed by atoms with Crippen LogP contribution in [0.4, 0.5) is 10.7 Å². The van der Waals surface area contributed by atoms with E-state index < -0.39 is 6.03 Å². The second-order valence-corrected chi connectivity index (χ2v) is 1.94. The molecule has 6 nitrogen and oxygen atoms in total. The number of amides is 2. The van der Waals surface area contributed by atoms with E-state index >= 15 is 0 Å². The van der Waals surface area contributed by atoms with E-state index in [1.807, 2.05) is 0 Å². The van der Waals surface area contributed by atoms with Gasteiger partial charge in [-0.1, -0.05) is 0 Å². The fourth-order valence-corrected chi connectivity index (χ4v) is 0.600. The van der Waals surface area contributed by atoms with Gasteiger partial charge in [0.2, 0.25) is 5.88 Å². The summed E-state index contributed by atoms with van der Waals surface area (Å²) in [7, 11) is 0. The molecule has 0 saturated heterocycles. The number of hydrogen-bond acceptors (Lipinski definition) is 2. The molecule has 1 heterocycles. The first-order valence-corrected chi connectivity index (χ1v) is 3.12. The van der Waals surface area contributed by atoms with Gasteiger partial charge in [0.25, 0.3) is 0 Å². The number of nitrogens with two attached hydrogens (primary N) is 2. The summed E-state index contributed by atoms with van der Waals surface area (Å²) in [5.74, 6) is 0.00376. The van der Waals surface area contributed by atoms with Crippen LogP contribution in [0.1, 0.15) is 0 Å². The maximum Gasteiger partial charge on any atom is 0.350 e. The predicted molar refractivity (Wildman–Crippen MR) is 43.5 cm³/mol. The van der Waals surface area contributed by atoms with Crippen LogP contribution in [0.5, 0.6) is 0 Å². The highest BCUT2D eigenvalue weighted by Crippen LogP contribution is 2.06. The molecule has 1 aromatic heterocycles. The first kappa shape index (κ1) is 8.12. The highest BCUT2D eigenvalue weighted by atomic mass is 16.3. The summed E-state index contributed by atoms with van der Waals surface area (Å²) in [6, 6.07) is 2.54. The number of carbonyl (C=O) groups excluding carboxylic acids is 1. The van der Waals surface area contributed by atoms with Crippen molar-refractivity contribution < 1.29 is 9.21 Å². The summed E-state index contributed by atoms with van der Waals surface area (Å²) in [6.45, 7) is 0. The molecule has 64 valence electrons. The molecule has 1 aromatic rings. The van der Waals surface area contributed by atoms with Crippen LogP contribution in [0.3, 0.4) is 0 Å². The fraction of sp³-hybridized carbons (Fsp3) is 0. The third-order valence-corrected chi connectivity index (χ3v) is 0.982. The average molecular weight is 168 g/mol. The van der Waals surface area contributed by atoms with Gasteiger partial charge < -0.3 is 15.9 Å². The van der Waals surface area contributed by atoms with E-state index in [9.17, 15) is 4.79 Å². The van der Waals surface area contributed by atoms with Crippen molar-refractivity contribution in [3.63, 3.8) is 0 Å². The highest BCUT2D eigenvalue weighted by Gasteiger charge is 2.00. The van der Waals surface area contributed by atoms with Gasteiger partial charge in [0.15, 0.2) is 5.96 Å². The Morgan fingerprint density at radius 1 is 1.58 bits per heavy atom. The number of guanidine groups is 1. The van der Waals surface area contributed by atoms with E-state index in [1.165, 1.54) is 6.26 Å². The molecule has 2 amide bonds. The molecule has 0 aliphatic rings. The topological polar surface area (TPSA) is 107 Å². The van der Waals surface area contributed by atoms with Gasteiger partial charge >= 0.3 is 6.03 Å². The summed E-state index contributed by atoms with van der Waals surface area (Å²) >= 11 is 0. The Bertz CT molecular complexity index is 287. The van der Waals surface area contributed by atoms with Crippen LogP contribution in [0.2, 0.25) is 0 Å². The van der Waals surface area contributed by atoms with E-state index in [2.05, 4.69) is 10.3 Å². The van der Waals surface area contributed by atoms with E-state index in [-0.39, 0.29) is 5.96 Å². The molecule has 0 bridgehead atoms. The van der Waals surface area contributed by atoms with Gasteiger partial charge in [-0.3, -0.25) is 5.32 Å². The number of hydrogen-bond donors (Lipinski definition) is 3. The first-order valence-electron chi connectivity index (χ1n) is 3.12. The van der Waals surface area contributed by atoms with Crippen molar-refractivity contribution in [2.75, 3.05) is 5.32 Å². The summed E-state index contributed by atoms with van der Waals surface area (Å²) < 4.78 is 4.80. The molecular formula is C6H8N4O2. The number of nitrogens with zero attached hydrogens (tertiary/aromatic N) is 1. The van der Waals surface area contributed by atoms with Crippen molar-refractivity contribution in [3.05, 3.63) is 18.4 Å². The summed E-state index contributed by atoms with van der Waals surface area (Å²) in [5, 5.41) is 2.30. The third-order valence-electron chi connectivity index (χ3n) is 0.982. The van der Waals surface area contributed by atoms with Crippen molar-refractivity contribution >= 4 is 17.9 Å². The fourth-order valence-electron chi connectivity index (χ4n) is 0.600. The second-order valence-electron chi connectivity index (χ2n) is 1.94. The Morgan fingerprint density at radius 3 is 2.83 bits per heavy atom. The van der Waals surface area contributed by atoms with Crippen LogP contribution in [-0.2, 0) is 0 Å². The minimum Gasteiger partial charge on any atom is -0.449 e. The molecule has 1 rings (SSSR count). The van der Waals surface area contributed by atoms with E-state index in [1.54, 1.807) is 12.1 Å². The maximum atomic E-state index is 10.8. The molecule has 0 aliphatic heterocycles. The maximum absolute atomic E-state index is 10.8. The molecule has 0 unspecified atom stereocenters. The summed E-state index contributed by atoms with van der Waals surface area (Å²) in [6.07, 6.45) is 1.42. The lowest BCUT2D eigenvalue weighted by atomic mass is 10.6. The predicted octanol–water partition coefficient (Wildman–Crippen LogP) is 0.0849. The number of furan rings is 1. The van der Waals surface area contributed by atoms with Crippen LogP contribution in [0.15, 0.2) is 27.8 Å². The number of urea groups is 1. The van der Waals surface area contributed by atoms with Gasteiger partial charge in [0, 0.05) is 6.07 Å². The lowest BCUT2D eigenvalue weighted by Crippen LogP contribution is -2.25. The van der Waals surface area contributed by atoms with Crippen LogP contribution in [0, 0.1) is 0 Å². The summed E-state index contributed by atoms with van der Waals surface area (Å²) in [5.41, 5.74) is 9.92. The molecule has 12 heavy (non-hydrogen) atoms. The van der Waals surface area contributed by atoms with Crippen LogP contribution < -0.4 is 16.8 Å². The number of carbonyl (C=O) groups is 1. The minimum atomic E-state index is -0.662. The molecule has 5 N–H and O–H groups in total. The van der Waals surface area contributed by atoms with Gasteiger partial charge in [0.05, 0.1) is 6.26 Å². The molecule has 0 aromatic carbocycles. The molecule has 6 heteroatoms. The second kappa shape index (κ2) is 3.42. The molecular weight excluding hydrogens is 160 g/mol. The molecule has 0 spiro atoms. The van der Waals surface area contributed by atoms with E-state index in [0.717, 1.165) is 0 Å². The third kappa shape index (κ3) is 2.33. The van der Waals surface area contributed by atoms with Crippen LogP contribution in [0.25, 0.3) is 0 Å². The average Bonchev–Trinajstić information content (AvgIpc) is 2.37. The lowest BCUT2D eigenvalue weighted by Gasteiger charge is -1.94. The Morgan fingerprint density at radius 2 is 2.33 bits per heavy atom.